The Kier molecular flexibility index (Phi) is 5.09. The van der Waals surface area contributed by atoms with E-state index in [9.17, 15) is 18.5 Å². The van der Waals surface area contributed by atoms with Gasteiger partial charge < -0.3 is 5.32 Å². The minimum Gasteiger partial charge on any atom is -0.313 e. The lowest BCUT2D eigenvalue weighted by molar-refractivity contribution is -0.387. The number of benzene rings is 1. The molecule has 0 fully saturated rings. The summed E-state index contributed by atoms with van der Waals surface area (Å²) in [7, 11) is -3.93. The molecule has 0 aliphatic carbocycles. The van der Waals surface area contributed by atoms with Crippen LogP contribution in [-0.4, -0.2) is 33.0 Å². The van der Waals surface area contributed by atoms with E-state index in [0.717, 1.165) is 18.5 Å². The SMILES string of the molecule is O=[N+]([O-])c1cc(Br)ccc1S(=O)(=O)NCC1=CCNCC1. The summed E-state index contributed by atoms with van der Waals surface area (Å²) < 4.78 is 27.3. The zero-order valence-corrected chi connectivity index (χ0v) is 13.4. The van der Waals surface area contributed by atoms with Crippen LogP contribution >= 0.6 is 15.9 Å². The quantitative estimate of drug-likeness (QED) is 0.461. The number of nitro groups is 1. The molecule has 0 atom stereocenters. The molecule has 2 rings (SSSR count). The van der Waals surface area contributed by atoms with Gasteiger partial charge in [0.05, 0.1) is 4.92 Å². The molecular formula is C12H14BrN3O4S. The Morgan fingerprint density at radius 1 is 1.43 bits per heavy atom. The van der Waals surface area contributed by atoms with Crippen molar-refractivity contribution < 1.29 is 13.3 Å². The molecule has 1 aromatic carbocycles. The lowest BCUT2D eigenvalue weighted by atomic mass is 10.1. The summed E-state index contributed by atoms with van der Waals surface area (Å²) in [5, 5.41) is 14.1. The maximum atomic E-state index is 12.2. The Morgan fingerprint density at radius 2 is 2.19 bits per heavy atom. The third-order valence-corrected chi connectivity index (χ3v) is 5.00. The van der Waals surface area contributed by atoms with E-state index in [4.69, 9.17) is 0 Å². The first-order valence-electron chi connectivity index (χ1n) is 6.22. The zero-order valence-electron chi connectivity index (χ0n) is 11.0. The van der Waals surface area contributed by atoms with Gasteiger partial charge >= 0.3 is 0 Å². The van der Waals surface area contributed by atoms with E-state index in [1.807, 2.05) is 6.08 Å². The van der Waals surface area contributed by atoms with Crippen molar-refractivity contribution in [1.29, 1.82) is 0 Å². The van der Waals surface area contributed by atoms with Gasteiger partial charge in [0, 0.05) is 23.6 Å². The standard InChI is InChI=1S/C12H14BrN3O4S/c13-10-1-2-12(11(7-10)16(17)18)21(19,20)15-8-9-3-5-14-6-4-9/h1-3,7,14-15H,4-6,8H2. The van der Waals surface area contributed by atoms with E-state index >= 15 is 0 Å². The molecule has 0 saturated carbocycles. The summed E-state index contributed by atoms with van der Waals surface area (Å²) in [6.45, 7) is 1.67. The van der Waals surface area contributed by atoms with Gasteiger partial charge in [0.25, 0.3) is 5.69 Å². The highest BCUT2D eigenvalue weighted by Crippen LogP contribution is 2.27. The minimum atomic E-state index is -3.93. The highest BCUT2D eigenvalue weighted by Gasteiger charge is 2.25. The molecule has 0 radical (unpaired) electrons. The van der Waals surface area contributed by atoms with E-state index in [-0.39, 0.29) is 11.4 Å². The lowest BCUT2D eigenvalue weighted by Crippen LogP contribution is -2.30. The van der Waals surface area contributed by atoms with E-state index in [1.165, 1.54) is 18.2 Å². The summed E-state index contributed by atoms with van der Waals surface area (Å²) in [5.41, 5.74) is 0.522. The Bertz CT molecular complexity index is 688. The van der Waals surface area contributed by atoms with Gasteiger partial charge in [-0.3, -0.25) is 10.1 Å². The average molecular weight is 376 g/mol. The van der Waals surface area contributed by atoms with Crippen molar-refractivity contribution in [1.82, 2.24) is 10.0 Å². The number of halogens is 1. The van der Waals surface area contributed by atoms with Crippen LogP contribution in [0.4, 0.5) is 5.69 Å². The van der Waals surface area contributed by atoms with Gasteiger partial charge in [-0.1, -0.05) is 27.6 Å². The van der Waals surface area contributed by atoms with Crippen molar-refractivity contribution >= 4 is 31.6 Å². The van der Waals surface area contributed by atoms with Crippen molar-refractivity contribution in [3.8, 4) is 0 Å². The third kappa shape index (κ3) is 4.10. The monoisotopic (exact) mass is 375 g/mol. The number of sulfonamides is 1. The molecule has 0 aromatic heterocycles. The van der Waals surface area contributed by atoms with Crippen LogP contribution < -0.4 is 10.0 Å². The number of hydrogen-bond donors (Lipinski definition) is 2. The van der Waals surface area contributed by atoms with Crippen LogP contribution in [0.3, 0.4) is 0 Å². The van der Waals surface area contributed by atoms with E-state index in [2.05, 4.69) is 26.0 Å². The van der Waals surface area contributed by atoms with Crippen molar-refractivity contribution in [3.05, 3.63) is 44.4 Å². The summed E-state index contributed by atoms with van der Waals surface area (Å²) in [6.07, 6.45) is 2.67. The number of rotatable bonds is 5. The molecule has 0 amide bonds. The van der Waals surface area contributed by atoms with Gasteiger partial charge in [0.15, 0.2) is 4.90 Å². The number of nitro benzene ring substituents is 1. The van der Waals surface area contributed by atoms with E-state index in [0.29, 0.717) is 11.0 Å². The summed E-state index contributed by atoms with van der Waals surface area (Å²) in [5.74, 6) is 0. The van der Waals surface area contributed by atoms with E-state index in [1.54, 1.807) is 0 Å². The smallest absolute Gasteiger partial charge is 0.290 e. The van der Waals surface area contributed by atoms with Crippen LogP contribution in [0.1, 0.15) is 6.42 Å². The Balaban J connectivity index is 2.23. The van der Waals surface area contributed by atoms with Crippen LogP contribution in [0, 0.1) is 10.1 Å². The normalized spacial score (nSPS) is 15.6. The molecule has 0 spiro atoms. The van der Waals surface area contributed by atoms with Gasteiger partial charge in [0.1, 0.15) is 0 Å². The van der Waals surface area contributed by atoms with Crippen molar-refractivity contribution in [2.45, 2.75) is 11.3 Å². The zero-order chi connectivity index (χ0) is 15.5. The van der Waals surface area contributed by atoms with Crippen molar-refractivity contribution in [3.63, 3.8) is 0 Å². The van der Waals surface area contributed by atoms with Gasteiger partial charge in [-0.15, -0.1) is 0 Å². The van der Waals surface area contributed by atoms with Crippen molar-refractivity contribution in [2.75, 3.05) is 19.6 Å². The van der Waals surface area contributed by atoms with Crippen LogP contribution in [0.5, 0.6) is 0 Å². The molecule has 21 heavy (non-hydrogen) atoms. The highest BCUT2D eigenvalue weighted by atomic mass is 79.9. The second-order valence-corrected chi connectivity index (χ2v) is 7.16. The second-order valence-electron chi connectivity index (χ2n) is 4.51. The average Bonchev–Trinajstić information content (AvgIpc) is 2.46. The second kappa shape index (κ2) is 6.65. The van der Waals surface area contributed by atoms with Crippen LogP contribution in [0.25, 0.3) is 0 Å². The number of nitrogens with zero attached hydrogens (tertiary/aromatic N) is 1. The Labute approximate surface area is 130 Å². The predicted octanol–water partition coefficient (Wildman–Crippen LogP) is 1.56. The van der Waals surface area contributed by atoms with Gasteiger partial charge in [0.2, 0.25) is 10.0 Å². The van der Waals surface area contributed by atoms with Gasteiger partial charge in [-0.05, 0) is 25.1 Å². The fraction of sp³-hybridized carbons (Fsp3) is 0.333. The lowest BCUT2D eigenvalue weighted by Gasteiger charge is -2.14. The molecule has 1 aliphatic rings. The number of nitrogens with one attached hydrogen (secondary N) is 2. The first-order chi connectivity index (χ1) is 9.90. The Morgan fingerprint density at radius 3 is 2.81 bits per heavy atom. The minimum absolute atomic E-state index is 0.164. The summed E-state index contributed by atoms with van der Waals surface area (Å²) in [6, 6.07) is 3.87. The highest BCUT2D eigenvalue weighted by molar-refractivity contribution is 9.10. The molecule has 0 unspecified atom stereocenters. The largest absolute Gasteiger partial charge is 0.313 e. The number of hydrogen-bond acceptors (Lipinski definition) is 5. The maximum absolute atomic E-state index is 12.2. The fourth-order valence-corrected chi connectivity index (χ4v) is 3.49. The van der Waals surface area contributed by atoms with Gasteiger partial charge in [-0.2, -0.15) is 0 Å². The topological polar surface area (TPSA) is 101 Å². The fourth-order valence-electron chi connectivity index (χ4n) is 1.96. The molecular weight excluding hydrogens is 362 g/mol. The predicted molar refractivity (Wildman–Crippen MR) is 81.6 cm³/mol. The van der Waals surface area contributed by atoms with Crippen LogP contribution in [0.15, 0.2) is 39.2 Å². The molecule has 0 saturated heterocycles. The molecule has 9 heteroatoms. The summed E-state index contributed by atoms with van der Waals surface area (Å²) in [4.78, 5) is 9.97. The molecule has 114 valence electrons. The summed E-state index contributed by atoms with van der Waals surface area (Å²) >= 11 is 3.10. The first kappa shape index (κ1) is 16.1. The molecule has 2 N–H and O–H groups in total. The van der Waals surface area contributed by atoms with Crippen LogP contribution in [-0.2, 0) is 10.0 Å². The molecule has 1 heterocycles. The first-order valence-corrected chi connectivity index (χ1v) is 8.50. The third-order valence-electron chi connectivity index (χ3n) is 3.05. The molecule has 1 aromatic rings. The molecule has 7 nitrogen and oxygen atoms in total. The maximum Gasteiger partial charge on any atom is 0.290 e. The van der Waals surface area contributed by atoms with Crippen molar-refractivity contribution in [2.24, 2.45) is 0 Å². The molecule has 0 bridgehead atoms. The van der Waals surface area contributed by atoms with Crippen LogP contribution in [0.2, 0.25) is 0 Å². The molecule has 1 aliphatic heterocycles. The van der Waals surface area contributed by atoms with E-state index < -0.39 is 20.6 Å². The van der Waals surface area contributed by atoms with Gasteiger partial charge in [-0.25, -0.2) is 13.1 Å². The Hall–Kier alpha value is -1.29.